The second kappa shape index (κ2) is 14.7. The van der Waals surface area contributed by atoms with Gasteiger partial charge in [0.15, 0.2) is 5.78 Å². The summed E-state index contributed by atoms with van der Waals surface area (Å²) in [5.74, 6) is -1.75. The Morgan fingerprint density at radius 1 is 0.884 bits per heavy atom. The summed E-state index contributed by atoms with van der Waals surface area (Å²) in [7, 11) is 0. The molecule has 0 radical (unpaired) electrons. The van der Waals surface area contributed by atoms with Gasteiger partial charge in [0.05, 0.1) is 10.0 Å². The molecular formula is C31H30Cl2N4O6. The Kier molecular flexibility index (Phi) is 10.7. The van der Waals surface area contributed by atoms with Crippen LogP contribution in [0.1, 0.15) is 40.7 Å². The summed E-state index contributed by atoms with van der Waals surface area (Å²) in [6.45, 7) is 0.0418. The number of anilines is 1. The van der Waals surface area contributed by atoms with Crippen molar-refractivity contribution in [2.45, 2.75) is 44.3 Å². The van der Waals surface area contributed by atoms with E-state index in [4.69, 9.17) is 28.3 Å². The van der Waals surface area contributed by atoms with Crippen LogP contribution in [-0.4, -0.2) is 58.2 Å². The third-order valence-electron chi connectivity index (χ3n) is 7.06. The van der Waals surface area contributed by atoms with Crippen LogP contribution in [0, 0.1) is 0 Å². The number of halogens is 2. The van der Waals surface area contributed by atoms with Crippen LogP contribution < -0.4 is 16.0 Å². The first-order valence-electron chi connectivity index (χ1n) is 13.6. The number of Topliss-reactive ketones (excluding diaryl/α,β-unsaturated/α-hetero) is 1. The Balaban J connectivity index is 1.51. The molecule has 1 heterocycles. The van der Waals surface area contributed by atoms with Crippen molar-refractivity contribution in [3.8, 4) is 0 Å². The molecule has 1 aliphatic rings. The van der Waals surface area contributed by atoms with Crippen molar-refractivity contribution in [2.75, 3.05) is 11.9 Å². The smallest absolute Gasteiger partial charge is 0.404 e. The van der Waals surface area contributed by atoms with Gasteiger partial charge >= 0.3 is 6.09 Å². The minimum Gasteiger partial charge on any atom is -0.465 e. The lowest BCUT2D eigenvalue weighted by Gasteiger charge is -2.36. The SMILES string of the molecule is O=C(O)NCCC(NC(=O)[C@@H]1Cc2ccccc2CN1C(=O)CCC(=O)c1ccccc1)C(=O)Nc1ccc(Cl)c(Cl)c1. The molecular weight excluding hydrogens is 595 g/mol. The Hall–Kier alpha value is -4.41. The monoisotopic (exact) mass is 624 g/mol. The first kappa shape index (κ1) is 31.5. The summed E-state index contributed by atoms with van der Waals surface area (Å²) >= 11 is 12.0. The van der Waals surface area contributed by atoms with Gasteiger partial charge in [0.1, 0.15) is 12.1 Å². The maximum absolute atomic E-state index is 13.7. The van der Waals surface area contributed by atoms with Crippen LogP contribution in [-0.2, 0) is 27.3 Å². The van der Waals surface area contributed by atoms with Crippen LogP contribution in [0.15, 0.2) is 72.8 Å². The van der Waals surface area contributed by atoms with E-state index in [1.807, 2.05) is 24.3 Å². The molecule has 3 aromatic rings. The van der Waals surface area contributed by atoms with Gasteiger partial charge in [-0.2, -0.15) is 0 Å². The van der Waals surface area contributed by atoms with Gasteiger partial charge in [-0.25, -0.2) is 4.79 Å². The second-order valence-corrected chi connectivity index (χ2v) is 10.8. The maximum Gasteiger partial charge on any atom is 0.404 e. The topological polar surface area (TPSA) is 145 Å². The van der Waals surface area contributed by atoms with Crippen LogP contribution in [0.3, 0.4) is 0 Å². The predicted molar refractivity (Wildman–Crippen MR) is 162 cm³/mol. The zero-order valence-electron chi connectivity index (χ0n) is 23.0. The van der Waals surface area contributed by atoms with Crippen molar-refractivity contribution < 1.29 is 29.1 Å². The van der Waals surface area contributed by atoms with E-state index in [0.717, 1.165) is 11.1 Å². The standard InChI is InChI=1S/C31H30Cl2N4O6/c32-23-11-10-22(17-24(23)33)35-29(40)25(14-15-34-31(42)43)36-30(41)26-16-20-8-4-5-9-21(20)18-37(26)28(39)13-12-27(38)19-6-2-1-3-7-19/h1-11,17,25-26,34H,12-16,18H2,(H,35,40)(H,36,41)(H,42,43)/t25?,26-/m0/s1. The fourth-order valence-corrected chi connectivity index (χ4v) is 5.11. The molecule has 0 spiro atoms. The molecule has 3 aromatic carbocycles. The summed E-state index contributed by atoms with van der Waals surface area (Å²) in [6, 6.07) is 18.5. The van der Waals surface area contributed by atoms with Gasteiger partial charge in [0.25, 0.3) is 0 Å². The van der Waals surface area contributed by atoms with Gasteiger partial charge in [0.2, 0.25) is 17.7 Å². The highest BCUT2D eigenvalue weighted by Crippen LogP contribution is 2.26. The molecule has 224 valence electrons. The van der Waals surface area contributed by atoms with E-state index in [1.54, 1.807) is 30.3 Å². The molecule has 1 aliphatic heterocycles. The molecule has 4 N–H and O–H groups in total. The normalized spacial score (nSPS) is 14.7. The molecule has 1 unspecified atom stereocenters. The van der Waals surface area contributed by atoms with Gasteiger partial charge in [-0.3, -0.25) is 19.2 Å². The molecule has 4 rings (SSSR count). The summed E-state index contributed by atoms with van der Waals surface area (Å²) in [5, 5.41) is 17.1. The summed E-state index contributed by atoms with van der Waals surface area (Å²) in [5.41, 5.74) is 2.60. The highest BCUT2D eigenvalue weighted by molar-refractivity contribution is 6.42. The Bertz CT molecular complexity index is 1520. The Morgan fingerprint density at radius 2 is 1.58 bits per heavy atom. The van der Waals surface area contributed by atoms with Crippen LogP contribution >= 0.6 is 23.2 Å². The van der Waals surface area contributed by atoms with Crippen molar-refractivity contribution in [1.82, 2.24) is 15.5 Å². The number of benzene rings is 3. The number of carbonyl (C=O) groups excluding carboxylic acids is 4. The maximum atomic E-state index is 13.7. The summed E-state index contributed by atoms with van der Waals surface area (Å²) in [4.78, 5) is 65.5. The van der Waals surface area contributed by atoms with E-state index in [9.17, 15) is 24.0 Å². The average molecular weight is 626 g/mol. The molecule has 0 aliphatic carbocycles. The third kappa shape index (κ3) is 8.56. The first-order valence-corrected chi connectivity index (χ1v) is 14.4. The number of nitrogens with one attached hydrogen (secondary N) is 3. The average Bonchev–Trinajstić information content (AvgIpc) is 3.00. The first-order chi connectivity index (χ1) is 20.6. The van der Waals surface area contributed by atoms with Crippen molar-refractivity contribution >= 4 is 58.5 Å². The zero-order chi connectivity index (χ0) is 30.9. The fourth-order valence-electron chi connectivity index (χ4n) is 4.82. The van der Waals surface area contributed by atoms with E-state index < -0.39 is 30.0 Å². The van der Waals surface area contributed by atoms with Crippen molar-refractivity contribution in [3.05, 3.63) is 99.5 Å². The molecule has 0 bridgehead atoms. The van der Waals surface area contributed by atoms with E-state index in [0.29, 0.717) is 16.3 Å². The quantitative estimate of drug-likeness (QED) is 0.228. The number of hydrogen-bond acceptors (Lipinski definition) is 5. The number of rotatable bonds is 11. The third-order valence-corrected chi connectivity index (χ3v) is 7.80. The Morgan fingerprint density at radius 3 is 2.28 bits per heavy atom. The minimum absolute atomic E-state index is 0.0229. The molecule has 0 aromatic heterocycles. The number of nitrogens with zero attached hydrogens (tertiary/aromatic N) is 1. The number of carbonyl (C=O) groups is 5. The van der Waals surface area contributed by atoms with Crippen molar-refractivity contribution in [3.63, 3.8) is 0 Å². The molecule has 43 heavy (non-hydrogen) atoms. The highest BCUT2D eigenvalue weighted by Gasteiger charge is 2.36. The number of carboxylic acid groups (broad SMARTS) is 1. The molecule has 2 atom stereocenters. The number of fused-ring (bicyclic) bond motifs is 1. The lowest BCUT2D eigenvalue weighted by Crippen LogP contribution is -2.56. The van der Waals surface area contributed by atoms with Crippen LogP contribution in [0.5, 0.6) is 0 Å². The lowest BCUT2D eigenvalue weighted by molar-refractivity contribution is -0.142. The molecule has 0 saturated heterocycles. The van der Waals surface area contributed by atoms with Gasteiger partial charge in [-0.05, 0) is 35.7 Å². The second-order valence-electron chi connectivity index (χ2n) is 10.00. The Labute approximate surface area is 258 Å². The molecule has 0 saturated carbocycles. The van der Waals surface area contributed by atoms with Gasteiger partial charge in [-0.15, -0.1) is 0 Å². The molecule has 12 heteroatoms. The van der Waals surface area contributed by atoms with E-state index in [2.05, 4.69) is 16.0 Å². The largest absolute Gasteiger partial charge is 0.465 e. The van der Waals surface area contributed by atoms with Crippen LogP contribution in [0.2, 0.25) is 10.0 Å². The summed E-state index contributed by atoms with van der Waals surface area (Å²) < 4.78 is 0. The minimum atomic E-state index is -1.28. The highest BCUT2D eigenvalue weighted by atomic mass is 35.5. The molecule has 0 fully saturated rings. The van der Waals surface area contributed by atoms with Gasteiger partial charge in [0, 0.05) is 43.6 Å². The van der Waals surface area contributed by atoms with Gasteiger partial charge in [-0.1, -0.05) is 77.8 Å². The van der Waals surface area contributed by atoms with Crippen molar-refractivity contribution in [1.29, 1.82) is 0 Å². The molecule has 4 amide bonds. The van der Waals surface area contributed by atoms with Crippen LogP contribution in [0.25, 0.3) is 0 Å². The van der Waals surface area contributed by atoms with Crippen molar-refractivity contribution in [2.24, 2.45) is 0 Å². The fraction of sp³-hybridized carbons (Fsp3) is 0.258. The van der Waals surface area contributed by atoms with Gasteiger partial charge < -0.3 is 26.0 Å². The summed E-state index contributed by atoms with van der Waals surface area (Å²) in [6.07, 6.45) is -1.25. The van der Waals surface area contributed by atoms with E-state index >= 15 is 0 Å². The number of amides is 4. The number of ketones is 1. The van der Waals surface area contributed by atoms with E-state index in [-0.39, 0.29) is 55.5 Å². The predicted octanol–water partition coefficient (Wildman–Crippen LogP) is 4.69. The molecule has 10 nitrogen and oxygen atoms in total. The number of hydrogen-bond donors (Lipinski definition) is 4. The lowest BCUT2D eigenvalue weighted by atomic mass is 9.92. The van der Waals surface area contributed by atoms with Crippen LogP contribution in [0.4, 0.5) is 10.5 Å². The zero-order valence-corrected chi connectivity index (χ0v) is 24.5. The van der Waals surface area contributed by atoms with E-state index in [1.165, 1.54) is 23.1 Å².